The number of hydrogen-bond donors (Lipinski definition) is 2. The number of aromatic nitrogens is 1. The summed E-state index contributed by atoms with van der Waals surface area (Å²) in [7, 11) is 0. The van der Waals surface area contributed by atoms with E-state index in [2.05, 4.69) is 4.98 Å². The highest BCUT2D eigenvalue weighted by atomic mass is 127. The minimum absolute atomic E-state index is 0.0738. The standard InChI is InChI=1S/C7H6F2IN3O/c8-6(9)5-4(10)2(11)1-3(13-5)7(12)14/h1,6H,(H2,11,13)(H2,12,14). The fourth-order valence-electron chi connectivity index (χ4n) is 0.840. The molecule has 4 nitrogen and oxygen atoms in total. The second kappa shape index (κ2) is 4.03. The van der Waals surface area contributed by atoms with Gasteiger partial charge in [-0.05, 0) is 28.7 Å². The Hall–Kier alpha value is -0.990. The van der Waals surface area contributed by atoms with Gasteiger partial charge in [0.2, 0.25) is 0 Å². The van der Waals surface area contributed by atoms with E-state index >= 15 is 0 Å². The van der Waals surface area contributed by atoms with Crippen LogP contribution < -0.4 is 11.5 Å². The predicted molar refractivity (Wildman–Crippen MR) is 54.8 cm³/mol. The fraction of sp³-hybridized carbons (Fsp3) is 0.143. The number of carbonyl (C=O) groups excluding carboxylic acids is 1. The Kier molecular flexibility index (Phi) is 3.19. The molecule has 7 heteroatoms. The molecule has 4 N–H and O–H groups in total. The van der Waals surface area contributed by atoms with Gasteiger partial charge in [0.25, 0.3) is 12.3 Å². The molecule has 0 unspecified atom stereocenters. The van der Waals surface area contributed by atoms with Gasteiger partial charge < -0.3 is 11.5 Å². The summed E-state index contributed by atoms with van der Waals surface area (Å²) in [5, 5.41) is 0. The van der Waals surface area contributed by atoms with Gasteiger partial charge in [-0.3, -0.25) is 4.79 Å². The Morgan fingerprint density at radius 3 is 2.57 bits per heavy atom. The highest BCUT2D eigenvalue weighted by Crippen LogP contribution is 2.27. The lowest BCUT2D eigenvalue weighted by atomic mass is 10.2. The van der Waals surface area contributed by atoms with E-state index in [9.17, 15) is 13.6 Å². The number of pyridine rings is 1. The van der Waals surface area contributed by atoms with Crippen LogP contribution in [-0.4, -0.2) is 10.9 Å². The molecular formula is C7H6F2IN3O. The zero-order chi connectivity index (χ0) is 10.9. The van der Waals surface area contributed by atoms with E-state index in [1.165, 1.54) is 6.07 Å². The average Bonchev–Trinajstić information content (AvgIpc) is 2.08. The molecule has 0 aliphatic carbocycles. The summed E-state index contributed by atoms with van der Waals surface area (Å²) in [6.07, 6.45) is -2.77. The van der Waals surface area contributed by atoms with E-state index in [1.807, 2.05) is 0 Å². The first-order valence-corrected chi connectivity index (χ1v) is 4.55. The number of amides is 1. The van der Waals surface area contributed by atoms with Gasteiger partial charge in [-0.2, -0.15) is 0 Å². The van der Waals surface area contributed by atoms with Crippen molar-refractivity contribution in [3.05, 3.63) is 21.0 Å². The fourth-order valence-corrected chi connectivity index (χ4v) is 1.35. The van der Waals surface area contributed by atoms with Crippen LogP contribution >= 0.6 is 22.6 Å². The zero-order valence-electron chi connectivity index (χ0n) is 6.80. The number of primary amides is 1. The van der Waals surface area contributed by atoms with Gasteiger partial charge in [0.15, 0.2) is 0 Å². The first-order valence-electron chi connectivity index (χ1n) is 3.47. The quantitative estimate of drug-likeness (QED) is 0.808. The van der Waals surface area contributed by atoms with Crippen LogP contribution in [0.25, 0.3) is 0 Å². The summed E-state index contributed by atoms with van der Waals surface area (Å²) < 4.78 is 24.9. The third kappa shape index (κ3) is 2.08. The maximum Gasteiger partial charge on any atom is 0.281 e. The van der Waals surface area contributed by atoms with Gasteiger partial charge in [0, 0.05) is 5.69 Å². The molecule has 0 radical (unpaired) electrons. The SMILES string of the molecule is NC(=O)c1cc(N)c(I)c(C(F)F)n1. The van der Waals surface area contributed by atoms with Crippen LogP contribution in [0.2, 0.25) is 0 Å². The van der Waals surface area contributed by atoms with Crippen molar-refractivity contribution in [1.29, 1.82) is 0 Å². The average molecular weight is 313 g/mol. The maximum absolute atomic E-state index is 12.4. The highest BCUT2D eigenvalue weighted by molar-refractivity contribution is 14.1. The molecular weight excluding hydrogens is 307 g/mol. The number of alkyl halides is 2. The maximum atomic E-state index is 12.4. The molecule has 14 heavy (non-hydrogen) atoms. The van der Waals surface area contributed by atoms with Crippen molar-refractivity contribution in [3.8, 4) is 0 Å². The van der Waals surface area contributed by atoms with Gasteiger partial charge in [-0.15, -0.1) is 0 Å². The normalized spacial score (nSPS) is 10.6. The molecule has 76 valence electrons. The van der Waals surface area contributed by atoms with Crippen LogP contribution in [0.5, 0.6) is 0 Å². The molecule has 0 aliphatic heterocycles. The zero-order valence-corrected chi connectivity index (χ0v) is 8.96. The van der Waals surface area contributed by atoms with E-state index in [-0.39, 0.29) is 15.0 Å². The van der Waals surface area contributed by atoms with Gasteiger partial charge in [0.1, 0.15) is 11.4 Å². The Balaban J connectivity index is 3.35. The first kappa shape index (κ1) is 11.1. The summed E-state index contributed by atoms with van der Waals surface area (Å²) in [5.74, 6) is -0.880. The van der Waals surface area contributed by atoms with Crippen molar-refractivity contribution in [2.75, 3.05) is 5.73 Å². The van der Waals surface area contributed by atoms with Crippen molar-refractivity contribution in [3.63, 3.8) is 0 Å². The molecule has 1 heterocycles. The minimum Gasteiger partial charge on any atom is -0.398 e. The number of carbonyl (C=O) groups is 1. The monoisotopic (exact) mass is 313 g/mol. The van der Waals surface area contributed by atoms with E-state index in [4.69, 9.17) is 11.5 Å². The Morgan fingerprint density at radius 2 is 2.14 bits per heavy atom. The molecule has 0 aliphatic rings. The molecule has 0 saturated carbocycles. The van der Waals surface area contributed by atoms with Crippen LogP contribution in [0.15, 0.2) is 6.07 Å². The van der Waals surface area contributed by atoms with Crippen molar-refractivity contribution in [2.45, 2.75) is 6.43 Å². The summed E-state index contributed by atoms with van der Waals surface area (Å²) in [4.78, 5) is 14.1. The van der Waals surface area contributed by atoms with Crippen LogP contribution in [0, 0.1) is 3.57 Å². The van der Waals surface area contributed by atoms with Crippen LogP contribution in [-0.2, 0) is 0 Å². The van der Waals surface area contributed by atoms with Gasteiger partial charge in [-0.1, -0.05) is 0 Å². The molecule has 1 amide bonds. The molecule has 0 spiro atoms. The lowest BCUT2D eigenvalue weighted by molar-refractivity contribution is 0.0993. The number of anilines is 1. The molecule has 0 bridgehead atoms. The highest BCUT2D eigenvalue weighted by Gasteiger charge is 2.18. The van der Waals surface area contributed by atoms with Gasteiger partial charge in [0.05, 0.1) is 3.57 Å². The van der Waals surface area contributed by atoms with E-state index in [1.54, 1.807) is 22.6 Å². The van der Waals surface area contributed by atoms with Crippen molar-refractivity contribution in [1.82, 2.24) is 4.98 Å². The largest absolute Gasteiger partial charge is 0.398 e. The number of halogens is 3. The van der Waals surface area contributed by atoms with Crippen LogP contribution in [0.4, 0.5) is 14.5 Å². The summed E-state index contributed by atoms with van der Waals surface area (Å²) >= 11 is 1.64. The molecule has 1 aromatic heterocycles. The number of hydrogen-bond acceptors (Lipinski definition) is 3. The first-order chi connectivity index (χ1) is 6.43. The van der Waals surface area contributed by atoms with Crippen molar-refractivity contribution >= 4 is 34.2 Å². The lowest BCUT2D eigenvalue weighted by Crippen LogP contribution is -2.15. The molecule has 0 aromatic carbocycles. The molecule has 1 aromatic rings. The van der Waals surface area contributed by atoms with Crippen molar-refractivity contribution in [2.24, 2.45) is 5.73 Å². The van der Waals surface area contributed by atoms with E-state index in [0.717, 1.165) is 0 Å². The van der Waals surface area contributed by atoms with Crippen LogP contribution in [0.3, 0.4) is 0 Å². The summed E-state index contributed by atoms with van der Waals surface area (Å²) in [6, 6.07) is 1.18. The molecule has 0 saturated heterocycles. The Morgan fingerprint density at radius 1 is 1.57 bits per heavy atom. The smallest absolute Gasteiger partial charge is 0.281 e. The molecule has 1 rings (SSSR count). The van der Waals surface area contributed by atoms with Gasteiger partial charge in [-0.25, -0.2) is 13.8 Å². The third-order valence-corrected chi connectivity index (χ3v) is 2.65. The van der Waals surface area contributed by atoms with Gasteiger partial charge >= 0.3 is 0 Å². The number of nitrogens with two attached hydrogens (primary N) is 2. The third-order valence-electron chi connectivity index (χ3n) is 1.47. The number of nitrogen functional groups attached to an aromatic ring is 1. The second-order valence-electron chi connectivity index (χ2n) is 2.46. The Bertz CT molecular complexity index is 383. The number of nitrogens with zero attached hydrogens (tertiary/aromatic N) is 1. The summed E-state index contributed by atoms with van der Waals surface area (Å²) in [5.41, 5.74) is 9.61. The van der Waals surface area contributed by atoms with E-state index < -0.39 is 18.0 Å². The summed E-state index contributed by atoms with van der Waals surface area (Å²) in [6.45, 7) is 0. The van der Waals surface area contributed by atoms with Crippen LogP contribution in [0.1, 0.15) is 22.6 Å². The molecule has 0 atom stereocenters. The predicted octanol–water partition coefficient (Wildman–Crippen LogP) is 1.30. The number of rotatable bonds is 2. The van der Waals surface area contributed by atoms with Crippen molar-refractivity contribution < 1.29 is 13.6 Å². The lowest BCUT2D eigenvalue weighted by Gasteiger charge is -2.06. The minimum atomic E-state index is -2.77. The van der Waals surface area contributed by atoms with E-state index in [0.29, 0.717) is 0 Å². The Labute approximate surface area is 91.8 Å². The topological polar surface area (TPSA) is 82.0 Å². The second-order valence-corrected chi connectivity index (χ2v) is 3.54. The molecule has 0 fully saturated rings.